The lowest BCUT2D eigenvalue weighted by molar-refractivity contribution is 0.243. The largest absolute Gasteiger partial charge is 0.395 e. The van der Waals surface area contributed by atoms with E-state index >= 15 is 0 Å². The molecule has 2 atom stereocenters. The van der Waals surface area contributed by atoms with Crippen molar-refractivity contribution in [2.24, 2.45) is 0 Å². The van der Waals surface area contributed by atoms with Crippen LogP contribution in [0, 0.1) is 6.92 Å². The standard InChI is InChI=1S/C12H22N2OS/c1-7(2)12-14-10(5)11(16-12)9(4)13-8(3)6-15/h7-9,13,15H,6H2,1-5H3. The van der Waals surface area contributed by atoms with Gasteiger partial charge in [0.25, 0.3) is 0 Å². The molecule has 92 valence electrons. The zero-order valence-corrected chi connectivity index (χ0v) is 11.6. The summed E-state index contributed by atoms with van der Waals surface area (Å²) in [6.07, 6.45) is 0. The fraction of sp³-hybridized carbons (Fsp3) is 0.750. The predicted octanol–water partition coefficient (Wildman–Crippen LogP) is 2.61. The van der Waals surface area contributed by atoms with E-state index in [0.29, 0.717) is 5.92 Å². The Hall–Kier alpha value is -0.450. The molecule has 0 aliphatic carbocycles. The van der Waals surface area contributed by atoms with Gasteiger partial charge in [0.2, 0.25) is 0 Å². The van der Waals surface area contributed by atoms with Crippen LogP contribution in [0.2, 0.25) is 0 Å². The van der Waals surface area contributed by atoms with Crippen LogP contribution >= 0.6 is 11.3 Å². The number of aromatic nitrogens is 1. The van der Waals surface area contributed by atoms with Gasteiger partial charge in [-0.2, -0.15) is 0 Å². The summed E-state index contributed by atoms with van der Waals surface area (Å²) in [6.45, 7) is 10.7. The molecule has 0 bridgehead atoms. The zero-order valence-electron chi connectivity index (χ0n) is 10.7. The lowest BCUT2D eigenvalue weighted by Gasteiger charge is -2.17. The van der Waals surface area contributed by atoms with Crippen molar-refractivity contribution in [1.29, 1.82) is 0 Å². The van der Waals surface area contributed by atoms with Gasteiger partial charge in [-0.05, 0) is 20.8 Å². The van der Waals surface area contributed by atoms with Crippen molar-refractivity contribution in [2.75, 3.05) is 6.61 Å². The molecule has 0 amide bonds. The highest BCUT2D eigenvalue weighted by atomic mass is 32.1. The van der Waals surface area contributed by atoms with Crippen LogP contribution in [0.3, 0.4) is 0 Å². The van der Waals surface area contributed by atoms with E-state index in [-0.39, 0.29) is 18.7 Å². The van der Waals surface area contributed by atoms with Crippen molar-refractivity contribution in [3.05, 3.63) is 15.6 Å². The molecule has 0 saturated heterocycles. The topological polar surface area (TPSA) is 45.2 Å². The molecule has 2 unspecified atom stereocenters. The number of aliphatic hydroxyl groups excluding tert-OH is 1. The van der Waals surface area contributed by atoms with Gasteiger partial charge in [-0.3, -0.25) is 0 Å². The van der Waals surface area contributed by atoms with Gasteiger partial charge in [-0.25, -0.2) is 4.98 Å². The van der Waals surface area contributed by atoms with E-state index in [1.165, 1.54) is 9.88 Å². The number of thiazole rings is 1. The van der Waals surface area contributed by atoms with Crippen LogP contribution in [0.15, 0.2) is 0 Å². The highest BCUT2D eigenvalue weighted by Crippen LogP contribution is 2.29. The minimum Gasteiger partial charge on any atom is -0.395 e. The molecule has 0 aliphatic rings. The molecule has 1 heterocycles. The van der Waals surface area contributed by atoms with E-state index < -0.39 is 0 Å². The molecule has 1 aromatic heterocycles. The lowest BCUT2D eigenvalue weighted by atomic mass is 10.2. The fourth-order valence-corrected chi connectivity index (χ4v) is 2.72. The van der Waals surface area contributed by atoms with Gasteiger partial charge in [-0.15, -0.1) is 11.3 Å². The average Bonchev–Trinajstić information content (AvgIpc) is 2.60. The van der Waals surface area contributed by atoms with Crippen LogP contribution in [0.25, 0.3) is 0 Å². The number of hydrogen-bond donors (Lipinski definition) is 2. The summed E-state index contributed by atoms with van der Waals surface area (Å²) in [5.74, 6) is 0.486. The average molecular weight is 242 g/mol. The van der Waals surface area contributed by atoms with Crippen molar-refractivity contribution in [3.8, 4) is 0 Å². The second-order valence-corrected chi connectivity index (χ2v) is 5.69. The molecule has 0 radical (unpaired) electrons. The predicted molar refractivity (Wildman–Crippen MR) is 69.0 cm³/mol. The Labute approximate surface area is 102 Å². The minimum absolute atomic E-state index is 0.124. The molecular weight excluding hydrogens is 220 g/mol. The normalized spacial score (nSPS) is 15.4. The SMILES string of the molecule is Cc1nc(C(C)C)sc1C(C)NC(C)CO. The minimum atomic E-state index is 0.124. The van der Waals surface area contributed by atoms with Gasteiger partial charge in [-0.1, -0.05) is 13.8 Å². The van der Waals surface area contributed by atoms with Crippen molar-refractivity contribution >= 4 is 11.3 Å². The molecule has 4 heteroatoms. The first-order valence-electron chi connectivity index (χ1n) is 5.79. The Kier molecular flexibility index (Phi) is 4.89. The Morgan fingerprint density at radius 3 is 2.38 bits per heavy atom. The number of aliphatic hydroxyl groups is 1. The fourth-order valence-electron chi connectivity index (χ4n) is 1.63. The first kappa shape index (κ1) is 13.6. The first-order chi connectivity index (χ1) is 7.45. The van der Waals surface area contributed by atoms with Crippen LogP contribution in [0.5, 0.6) is 0 Å². The molecule has 0 fully saturated rings. The maximum atomic E-state index is 9.02. The summed E-state index contributed by atoms with van der Waals surface area (Å²) in [6, 6.07) is 0.381. The van der Waals surface area contributed by atoms with E-state index in [0.717, 1.165) is 5.69 Å². The maximum absolute atomic E-state index is 9.02. The van der Waals surface area contributed by atoms with E-state index in [2.05, 4.69) is 38.0 Å². The van der Waals surface area contributed by atoms with Gasteiger partial charge in [0.1, 0.15) is 0 Å². The van der Waals surface area contributed by atoms with Crippen LogP contribution in [-0.2, 0) is 0 Å². The van der Waals surface area contributed by atoms with Crippen LogP contribution in [-0.4, -0.2) is 22.7 Å². The van der Waals surface area contributed by atoms with E-state index in [4.69, 9.17) is 5.11 Å². The maximum Gasteiger partial charge on any atom is 0.0956 e. The summed E-state index contributed by atoms with van der Waals surface area (Å²) in [5.41, 5.74) is 1.11. The van der Waals surface area contributed by atoms with Crippen LogP contribution in [0.4, 0.5) is 0 Å². The van der Waals surface area contributed by atoms with Crippen LogP contribution in [0.1, 0.15) is 55.2 Å². The van der Waals surface area contributed by atoms with Gasteiger partial charge < -0.3 is 10.4 Å². The third kappa shape index (κ3) is 3.27. The third-order valence-corrected chi connectivity index (χ3v) is 4.19. The van der Waals surface area contributed by atoms with Gasteiger partial charge >= 0.3 is 0 Å². The van der Waals surface area contributed by atoms with E-state index in [9.17, 15) is 0 Å². The molecule has 0 saturated carbocycles. The van der Waals surface area contributed by atoms with Crippen molar-refractivity contribution in [3.63, 3.8) is 0 Å². The highest BCUT2D eigenvalue weighted by molar-refractivity contribution is 7.11. The van der Waals surface area contributed by atoms with Gasteiger partial charge in [0, 0.05) is 22.9 Å². The van der Waals surface area contributed by atoms with E-state index in [1.807, 2.05) is 6.92 Å². The van der Waals surface area contributed by atoms with Crippen molar-refractivity contribution in [2.45, 2.75) is 52.6 Å². The molecule has 0 aliphatic heterocycles. The number of nitrogens with zero attached hydrogens (tertiary/aromatic N) is 1. The number of nitrogens with one attached hydrogen (secondary N) is 1. The quantitative estimate of drug-likeness (QED) is 0.834. The number of hydrogen-bond acceptors (Lipinski definition) is 4. The Morgan fingerprint density at radius 1 is 1.31 bits per heavy atom. The Morgan fingerprint density at radius 2 is 1.94 bits per heavy atom. The van der Waals surface area contributed by atoms with Gasteiger partial charge in [0.05, 0.1) is 17.3 Å². The molecule has 2 N–H and O–H groups in total. The molecule has 1 rings (SSSR count). The molecule has 0 spiro atoms. The Bertz CT molecular complexity index is 336. The summed E-state index contributed by atoms with van der Waals surface area (Å²) >= 11 is 1.77. The van der Waals surface area contributed by atoms with E-state index in [1.54, 1.807) is 11.3 Å². The number of aryl methyl sites for hydroxylation is 1. The smallest absolute Gasteiger partial charge is 0.0956 e. The zero-order chi connectivity index (χ0) is 12.3. The van der Waals surface area contributed by atoms with Crippen LogP contribution < -0.4 is 5.32 Å². The molecule has 0 aromatic carbocycles. The monoisotopic (exact) mass is 242 g/mol. The van der Waals surface area contributed by atoms with Crippen molar-refractivity contribution in [1.82, 2.24) is 10.3 Å². The van der Waals surface area contributed by atoms with Crippen molar-refractivity contribution < 1.29 is 5.11 Å². The molecular formula is C12H22N2OS. The second kappa shape index (κ2) is 5.75. The number of rotatable bonds is 5. The molecule has 3 nitrogen and oxygen atoms in total. The summed E-state index contributed by atoms with van der Waals surface area (Å²) < 4.78 is 0. The van der Waals surface area contributed by atoms with Gasteiger partial charge in [0.15, 0.2) is 0 Å². The molecule has 1 aromatic rings. The Balaban J connectivity index is 2.78. The summed E-state index contributed by atoms with van der Waals surface area (Å²) in [4.78, 5) is 5.86. The summed E-state index contributed by atoms with van der Waals surface area (Å²) in [7, 11) is 0. The second-order valence-electron chi connectivity index (χ2n) is 4.63. The lowest BCUT2D eigenvalue weighted by Crippen LogP contribution is -2.31. The third-order valence-electron chi connectivity index (χ3n) is 2.54. The molecule has 16 heavy (non-hydrogen) atoms. The first-order valence-corrected chi connectivity index (χ1v) is 6.61. The summed E-state index contributed by atoms with van der Waals surface area (Å²) in [5, 5.41) is 13.6. The highest BCUT2D eigenvalue weighted by Gasteiger charge is 2.16.